The molecular formula is C35H46F5N6O7P. The van der Waals surface area contributed by atoms with E-state index in [1.807, 2.05) is 13.8 Å². The number of fused-ring (bicyclic) bond motifs is 1. The first-order valence-electron chi connectivity index (χ1n) is 18.2. The van der Waals surface area contributed by atoms with Gasteiger partial charge in [-0.15, -0.1) is 0 Å². The fourth-order valence-corrected chi connectivity index (χ4v) is 7.95. The Morgan fingerprint density at radius 3 is 2.30 bits per heavy atom. The quantitative estimate of drug-likeness (QED) is 0.100. The Morgan fingerprint density at radius 1 is 0.963 bits per heavy atom. The molecule has 2 aliphatic rings. The summed E-state index contributed by atoms with van der Waals surface area (Å²) in [4.78, 5) is 46.9. The van der Waals surface area contributed by atoms with Gasteiger partial charge < -0.3 is 15.1 Å². The lowest BCUT2D eigenvalue weighted by Gasteiger charge is -2.34. The predicted molar refractivity (Wildman–Crippen MR) is 188 cm³/mol. The lowest BCUT2D eigenvalue weighted by atomic mass is 9.93. The first-order chi connectivity index (χ1) is 25.7. The number of unbranched alkanes of at least 4 members (excludes halogenated alkanes) is 2. The van der Waals surface area contributed by atoms with Crippen molar-refractivity contribution < 1.29 is 49.7 Å². The van der Waals surface area contributed by atoms with Gasteiger partial charge in [0.15, 0.2) is 17.3 Å². The zero-order valence-corrected chi connectivity index (χ0v) is 31.1. The van der Waals surface area contributed by atoms with Gasteiger partial charge >= 0.3 is 25.7 Å². The molecule has 0 bridgehead atoms. The highest BCUT2D eigenvalue weighted by atomic mass is 31.2. The zero-order valence-electron chi connectivity index (χ0n) is 30.2. The summed E-state index contributed by atoms with van der Waals surface area (Å²) in [6.07, 6.45) is 0.131. The number of urea groups is 1. The highest BCUT2D eigenvalue weighted by molar-refractivity contribution is 7.48. The number of phosphoric ester groups is 1. The molecule has 19 heteroatoms. The van der Waals surface area contributed by atoms with Gasteiger partial charge in [0.2, 0.25) is 5.91 Å². The van der Waals surface area contributed by atoms with Gasteiger partial charge in [-0.2, -0.15) is 13.2 Å². The van der Waals surface area contributed by atoms with Crippen LogP contribution in [0.15, 0.2) is 41.3 Å². The van der Waals surface area contributed by atoms with Crippen molar-refractivity contribution in [3.63, 3.8) is 0 Å². The second kappa shape index (κ2) is 18.2. The van der Waals surface area contributed by atoms with Crippen LogP contribution in [0.1, 0.15) is 82.7 Å². The number of hydrogen-bond acceptors (Lipinski definition) is 8. The Kier molecular flexibility index (Phi) is 13.9. The van der Waals surface area contributed by atoms with Crippen LogP contribution in [0.3, 0.4) is 0 Å². The Balaban J connectivity index is 1.27. The normalized spacial score (nSPS) is 19.1. The summed E-state index contributed by atoms with van der Waals surface area (Å²) in [5.74, 6) is -4.24. The number of halogens is 5. The molecule has 3 amide bonds. The molecule has 0 saturated carbocycles. The third-order valence-corrected chi connectivity index (χ3v) is 11.0. The molecule has 5 rings (SSSR count). The summed E-state index contributed by atoms with van der Waals surface area (Å²) in [6, 6.07) is 4.39. The molecule has 4 heterocycles. The van der Waals surface area contributed by atoms with Crippen LogP contribution in [-0.2, 0) is 29.7 Å². The summed E-state index contributed by atoms with van der Waals surface area (Å²) >= 11 is 0. The van der Waals surface area contributed by atoms with E-state index in [-0.39, 0.29) is 50.4 Å². The lowest BCUT2D eigenvalue weighted by Crippen LogP contribution is -2.54. The standard InChI is InChI=1S/C35H46F5N6O7P/c1-3-5-19-51-54(50,52-20-6-4-2)53-23-45-31-29(11-8-16-41-31)46(34(45)49)25-14-17-43(18-15-25)33(48)42-28-13-12-24(26-9-7-10-27(36)30(26)37)21-44(32(28)47)22-35(38,39)40/h7-11,16,24-25,28H,3-6,12-15,17-23H2,1-2H3,(H,42,48)/t24-,28-/m1/s1. The van der Waals surface area contributed by atoms with E-state index in [1.54, 1.807) is 12.1 Å². The van der Waals surface area contributed by atoms with Crippen molar-refractivity contribution >= 4 is 30.9 Å². The number of pyridine rings is 1. The molecule has 54 heavy (non-hydrogen) atoms. The molecule has 2 saturated heterocycles. The van der Waals surface area contributed by atoms with Crippen molar-refractivity contribution in [2.45, 2.75) is 96.1 Å². The molecule has 0 aliphatic carbocycles. The van der Waals surface area contributed by atoms with Crippen molar-refractivity contribution in [3.05, 3.63) is 64.2 Å². The molecule has 2 aliphatic heterocycles. The Labute approximate surface area is 309 Å². The largest absolute Gasteiger partial charge is 0.476 e. The van der Waals surface area contributed by atoms with Crippen LogP contribution in [0.25, 0.3) is 11.2 Å². The van der Waals surface area contributed by atoms with Gasteiger partial charge in [0.05, 0.1) is 18.7 Å². The van der Waals surface area contributed by atoms with Crippen LogP contribution in [-0.4, -0.2) is 87.5 Å². The average molecular weight is 789 g/mol. The van der Waals surface area contributed by atoms with Gasteiger partial charge in [0.1, 0.15) is 19.3 Å². The number of amides is 3. The van der Waals surface area contributed by atoms with Crippen molar-refractivity contribution in [3.8, 4) is 0 Å². The van der Waals surface area contributed by atoms with Crippen LogP contribution >= 0.6 is 7.82 Å². The van der Waals surface area contributed by atoms with E-state index in [2.05, 4.69) is 10.3 Å². The van der Waals surface area contributed by atoms with Gasteiger partial charge in [0, 0.05) is 37.8 Å². The molecule has 0 radical (unpaired) electrons. The number of piperidine rings is 1. The van der Waals surface area contributed by atoms with Crippen LogP contribution in [0.5, 0.6) is 0 Å². The monoisotopic (exact) mass is 788 g/mol. The van der Waals surface area contributed by atoms with E-state index < -0.39 is 81.1 Å². The fourth-order valence-electron chi connectivity index (χ4n) is 6.77. The van der Waals surface area contributed by atoms with E-state index in [0.717, 1.165) is 18.9 Å². The van der Waals surface area contributed by atoms with Gasteiger partial charge in [-0.1, -0.05) is 38.8 Å². The maximum Gasteiger partial charge on any atom is 0.476 e. The SMILES string of the molecule is CCCCOP(=O)(OCCCC)OCn1c(=O)n(C2CCN(C(=O)N[C@@H]3CC[C@@H](c4cccc(F)c4F)CN(CC(F)(F)F)C3=O)CC2)c2cccnc21. The average Bonchev–Trinajstić information content (AvgIpc) is 3.33. The molecule has 2 atom stereocenters. The maximum absolute atomic E-state index is 14.7. The zero-order chi connectivity index (χ0) is 39.0. The molecule has 298 valence electrons. The van der Waals surface area contributed by atoms with Gasteiger partial charge in [-0.25, -0.2) is 27.9 Å². The molecule has 1 aromatic carbocycles. The number of nitrogens with one attached hydrogen (secondary N) is 1. The maximum atomic E-state index is 14.7. The summed E-state index contributed by atoms with van der Waals surface area (Å²) < 4.78 is 102. The van der Waals surface area contributed by atoms with E-state index in [4.69, 9.17) is 13.6 Å². The second-order valence-corrected chi connectivity index (χ2v) is 15.1. The molecule has 1 N–H and O–H groups in total. The second-order valence-electron chi connectivity index (χ2n) is 13.5. The summed E-state index contributed by atoms with van der Waals surface area (Å²) in [6.45, 7) is 1.91. The molecule has 2 aromatic heterocycles. The molecule has 0 unspecified atom stereocenters. The minimum Gasteiger partial charge on any atom is -0.331 e. The topological polar surface area (TPSA) is 137 Å². The predicted octanol–water partition coefficient (Wildman–Crippen LogP) is 6.88. The number of carbonyl (C=O) groups excluding carboxylic acids is 2. The third kappa shape index (κ3) is 10.1. The number of benzene rings is 1. The summed E-state index contributed by atoms with van der Waals surface area (Å²) in [7, 11) is -4.01. The highest BCUT2D eigenvalue weighted by Crippen LogP contribution is 2.50. The molecule has 2 fully saturated rings. The number of imidazole rings is 1. The van der Waals surface area contributed by atoms with Crippen molar-refractivity contribution in [2.75, 3.05) is 39.4 Å². The lowest BCUT2D eigenvalue weighted by molar-refractivity contribution is -0.162. The first kappa shape index (κ1) is 41.3. The van der Waals surface area contributed by atoms with Crippen molar-refractivity contribution in [2.24, 2.45) is 0 Å². The first-order valence-corrected chi connectivity index (χ1v) is 19.7. The Hall–Kier alpha value is -3.86. The van der Waals surface area contributed by atoms with E-state index >= 15 is 0 Å². The molecule has 3 aromatic rings. The number of alkyl halides is 3. The van der Waals surface area contributed by atoms with Crippen LogP contribution in [0, 0.1) is 11.6 Å². The third-order valence-electron chi connectivity index (χ3n) is 9.62. The summed E-state index contributed by atoms with van der Waals surface area (Å²) in [5.41, 5.74) is 0.138. The van der Waals surface area contributed by atoms with Crippen molar-refractivity contribution in [1.82, 2.24) is 29.2 Å². The minimum absolute atomic E-state index is 0.0173. The number of carbonyl (C=O) groups is 2. The van der Waals surface area contributed by atoms with E-state index in [0.29, 0.717) is 36.1 Å². The van der Waals surface area contributed by atoms with Crippen molar-refractivity contribution in [1.29, 1.82) is 0 Å². The molecule has 0 spiro atoms. The van der Waals surface area contributed by atoms with Gasteiger partial charge in [-0.05, 0) is 62.3 Å². The highest BCUT2D eigenvalue weighted by Gasteiger charge is 2.40. The fraction of sp³-hybridized carbons (Fsp3) is 0.600. The number of likely N-dealkylation sites (tertiary alicyclic amines) is 2. The Bertz CT molecular complexity index is 1850. The van der Waals surface area contributed by atoms with Crippen LogP contribution in [0.4, 0.5) is 26.7 Å². The number of rotatable bonds is 15. The van der Waals surface area contributed by atoms with Crippen LogP contribution in [0.2, 0.25) is 0 Å². The summed E-state index contributed by atoms with van der Waals surface area (Å²) in [5, 5.41) is 2.57. The van der Waals surface area contributed by atoms with Gasteiger partial charge in [0.25, 0.3) is 0 Å². The Morgan fingerprint density at radius 2 is 1.65 bits per heavy atom. The molecular weight excluding hydrogens is 742 g/mol. The van der Waals surface area contributed by atoms with Gasteiger partial charge in [-0.3, -0.25) is 27.5 Å². The van der Waals surface area contributed by atoms with Crippen LogP contribution < -0.4 is 11.0 Å². The number of phosphoric acid groups is 1. The number of aromatic nitrogens is 3. The molecule has 13 nitrogen and oxygen atoms in total. The number of hydrogen-bond donors (Lipinski definition) is 1. The van der Waals surface area contributed by atoms with E-state index in [1.165, 1.54) is 32.4 Å². The minimum atomic E-state index is -4.77. The number of nitrogens with zero attached hydrogens (tertiary/aromatic N) is 5. The van der Waals surface area contributed by atoms with E-state index in [9.17, 15) is 40.9 Å². The smallest absolute Gasteiger partial charge is 0.331 e.